The summed E-state index contributed by atoms with van der Waals surface area (Å²) in [6.45, 7) is 3.37. The normalized spacial score (nSPS) is 11.0. The lowest BCUT2D eigenvalue weighted by Crippen LogP contribution is -2.39. The third-order valence-electron chi connectivity index (χ3n) is 2.83. The van der Waals surface area contributed by atoms with E-state index < -0.39 is 30.3 Å². The maximum absolute atomic E-state index is 12.6. The van der Waals surface area contributed by atoms with E-state index in [-0.39, 0.29) is 17.8 Å². The van der Waals surface area contributed by atoms with Crippen LogP contribution < -0.4 is 5.32 Å². The third-order valence-corrected chi connectivity index (χ3v) is 2.83. The standard InChI is InChI=1S/C15H17F3N2O3/c1-3-7-20(9-15(16,17)18)14(23)11-8-10(5-6-12(11)21)19-13(22)4-2/h4-6,8,21H,2-3,7,9H2,1H3,(H,19,22). The van der Waals surface area contributed by atoms with Crippen LogP contribution in [0, 0.1) is 0 Å². The van der Waals surface area contributed by atoms with E-state index in [0.29, 0.717) is 11.3 Å². The van der Waals surface area contributed by atoms with Crippen molar-refractivity contribution in [1.29, 1.82) is 0 Å². The maximum Gasteiger partial charge on any atom is 0.406 e. The summed E-state index contributed by atoms with van der Waals surface area (Å²) >= 11 is 0. The van der Waals surface area contributed by atoms with Crippen molar-refractivity contribution in [2.75, 3.05) is 18.4 Å². The molecular formula is C15H17F3N2O3. The maximum atomic E-state index is 12.6. The Morgan fingerprint density at radius 2 is 2.04 bits per heavy atom. The number of carbonyl (C=O) groups excluding carboxylic acids is 2. The van der Waals surface area contributed by atoms with Gasteiger partial charge in [0.2, 0.25) is 5.91 Å². The fourth-order valence-electron chi connectivity index (χ4n) is 1.89. The Labute approximate surface area is 131 Å². The van der Waals surface area contributed by atoms with E-state index in [1.54, 1.807) is 6.92 Å². The zero-order chi connectivity index (χ0) is 17.6. The molecule has 8 heteroatoms. The zero-order valence-electron chi connectivity index (χ0n) is 12.5. The lowest BCUT2D eigenvalue weighted by molar-refractivity contribution is -0.140. The number of carbonyl (C=O) groups is 2. The van der Waals surface area contributed by atoms with Gasteiger partial charge in [-0.05, 0) is 30.7 Å². The highest BCUT2D eigenvalue weighted by Crippen LogP contribution is 2.25. The molecule has 0 bridgehead atoms. The molecule has 0 saturated heterocycles. The number of anilines is 1. The van der Waals surface area contributed by atoms with Crippen LogP contribution >= 0.6 is 0 Å². The first-order valence-corrected chi connectivity index (χ1v) is 6.80. The van der Waals surface area contributed by atoms with Gasteiger partial charge >= 0.3 is 6.18 Å². The number of amides is 2. The number of nitrogens with one attached hydrogen (secondary N) is 1. The van der Waals surface area contributed by atoms with Gasteiger partial charge in [-0.1, -0.05) is 13.5 Å². The molecule has 0 saturated carbocycles. The van der Waals surface area contributed by atoms with E-state index >= 15 is 0 Å². The van der Waals surface area contributed by atoms with E-state index in [0.717, 1.165) is 18.2 Å². The van der Waals surface area contributed by atoms with Gasteiger partial charge in [0.1, 0.15) is 12.3 Å². The molecule has 2 amide bonds. The smallest absolute Gasteiger partial charge is 0.406 e. The third kappa shape index (κ3) is 5.65. The minimum Gasteiger partial charge on any atom is -0.507 e. The molecule has 0 spiro atoms. The summed E-state index contributed by atoms with van der Waals surface area (Å²) in [5.41, 5.74) is -0.149. The number of halogens is 3. The van der Waals surface area contributed by atoms with Crippen molar-refractivity contribution in [1.82, 2.24) is 4.90 Å². The number of phenolic OH excluding ortho intramolecular Hbond substituents is 1. The number of phenols is 1. The van der Waals surface area contributed by atoms with Crippen LogP contribution in [0.15, 0.2) is 30.9 Å². The van der Waals surface area contributed by atoms with Crippen molar-refractivity contribution >= 4 is 17.5 Å². The molecule has 0 radical (unpaired) electrons. The van der Waals surface area contributed by atoms with Gasteiger partial charge in [0.25, 0.3) is 5.91 Å². The summed E-state index contributed by atoms with van der Waals surface area (Å²) in [4.78, 5) is 24.1. The Balaban J connectivity index is 3.10. The second kappa shape index (κ2) is 7.66. The molecule has 0 heterocycles. The first-order valence-electron chi connectivity index (χ1n) is 6.80. The van der Waals surface area contributed by atoms with Crippen LogP contribution in [0.3, 0.4) is 0 Å². The number of hydrogen-bond acceptors (Lipinski definition) is 3. The molecule has 0 aliphatic carbocycles. The molecule has 0 aliphatic rings. The Kier molecular flexibility index (Phi) is 6.18. The first kappa shape index (κ1) is 18.5. The molecule has 23 heavy (non-hydrogen) atoms. The number of aromatic hydroxyl groups is 1. The zero-order valence-corrected chi connectivity index (χ0v) is 12.5. The van der Waals surface area contributed by atoms with Crippen LogP contribution in [0.25, 0.3) is 0 Å². The Bertz CT molecular complexity index is 600. The van der Waals surface area contributed by atoms with Crippen LogP contribution in [0.5, 0.6) is 5.75 Å². The lowest BCUT2D eigenvalue weighted by Gasteiger charge is -2.24. The van der Waals surface area contributed by atoms with Gasteiger partial charge in [-0.15, -0.1) is 0 Å². The fraction of sp³-hybridized carbons (Fsp3) is 0.333. The van der Waals surface area contributed by atoms with E-state index in [2.05, 4.69) is 11.9 Å². The largest absolute Gasteiger partial charge is 0.507 e. The van der Waals surface area contributed by atoms with Crippen molar-refractivity contribution < 1.29 is 27.9 Å². The average Bonchev–Trinajstić information content (AvgIpc) is 2.46. The second-order valence-electron chi connectivity index (χ2n) is 4.77. The molecule has 0 atom stereocenters. The highest BCUT2D eigenvalue weighted by molar-refractivity contribution is 6.02. The van der Waals surface area contributed by atoms with E-state index in [1.165, 1.54) is 6.07 Å². The molecular weight excluding hydrogens is 313 g/mol. The van der Waals surface area contributed by atoms with Gasteiger partial charge in [0, 0.05) is 12.2 Å². The van der Waals surface area contributed by atoms with Crippen molar-refractivity contribution in [2.24, 2.45) is 0 Å². The van der Waals surface area contributed by atoms with Crippen molar-refractivity contribution in [3.05, 3.63) is 36.4 Å². The monoisotopic (exact) mass is 330 g/mol. The summed E-state index contributed by atoms with van der Waals surface area (Å²) in [6.07, 6.45) is -3.22. The molecule has 1 aromatic rings. The molecule has 5 nitrogen and oxygen atoms in total. The van der Waals surface area contributed by atoms with Gasteiger partial charge in [-0.2, -0.15) is 13.2 Å². The van der Waals surface area contributed by atoms with Crippen molar-refractivity contribution in [3.63, 3.8) is 0 Å². The summed E-state index contributed by atoms with van der Waals surface area (Å²) in [6, 6.07) is 3.57. The second-order valence-corrected chi connectivity index (χ2v) is 4.77. The van der Waals surface area contributed by atoms with Gasteiger partial charge < -0.3 is 15.3 Å². The van der Waals surface area contributed by atoms with Crippen LogP contribution in [0.1, 0.15) is 23.7 Å². The van der Waals surface area contributed by atoms with Crippen LogP contribution in [-0.2, 0) is 4.79 Å². The van der Waals surface area contributed by atoms with Crippen LogP contribution in [0.2, 0.25) is 0 Å². The fourth-order valence-corrected chi connectivity index (χ4v) is 1.89. The summed E-state index contributed by atoms with van der Waals surface area (Å²) in [5.74, 6) is -1.97. The van der Waals surface area contributed by atoms with E-state index in [9.17, 15) is 27.9 Å². The topological polar surface area (TPSA) is 69.6 Å². The number of rotatable bonds is 6. The van der Waals surface area contributed by atoms with Gasteiger partial charge in [0.05, 0.1) is 5.56 Å². The predicted octanol–water partition coefficient (Wildman–Crippen LogP) is 2.93. The average molecular weight is 330 g/mol. The molecule has 0 aromatic heterocycles. The van der Waals surface area contributed by atoms with Gasteiger partial charge in [0.15, 0.2) is 0 Å². The Morgan fingerprint density at radius 1 is 1.39 bits per heavy atom. The van der Waals surface area contributed by atoms with Crippen molar-refractivity contribution in [2.45, 2.75) is 19.5 Å². The minimum atomic E-state index is -4.55. The number of hydrogen-bond donors (Lipinski definition) is 2. The lowest BCUT2D eigenvalue weighted by atomic mass is 10.1. The molecule has 1 aromatic carbocycles. The van der Waals surface area contributed by atoms with E-state index in [1.807, 2.05) is 0 Å². The molecule has 1 rings (SSSR count). The number of nitrogens with zero attached hydrogens (tertiary/aromatic N) is 1. The Hall–Kier alpha value is -2.51. The van der Waals surface area contributed by atoms with Crippen LogP contribution in [-0.4, -0.2) is 41.1 Å². The molecule has 0 fully saturated rings. The van der Waals surface area contributed by atoms with Crippen molar-refractivity contribution in [3.8, 4) is 5.75 Å². The molecule has 0 unspecified atom stereocenters. The quantitative estimate of drug-likeness (QED) is 0.622. The number of benzene rings is 1. The number of alkyl halides is 3. The van der Waals surface area contributed by atoms with Gasteiger partial charge in [-0.25, -0.2) is 0 Å². The highest BCUT2D eigenvalue weighted by atomic mass is 19.4. The SMILES string of the molecule is C=CC(=O)Nc1ccc(O)c(C(=O)N(CCC)CC(F)(F)F)c1. The summed E-state index contributed by atoms with van der Waals surface area (Å²) < 4.78 is 37.7. The summed E-state index contributed by atoms with van der Waals surface area (Å²) in [5, 5.41) is 12.1. The highest BCUT2D eigenvalue weighted by Gasteiger charge is 2.33. The minimum absolute atomic E-state index is 0.110. The Morgan fingerprint density at radius 3 is 2.57 bits per heavy atom. The predicted molar refractivity (Wildman–Crippen MR) is 79.2 cm³/mol. The van der Waals surface area contributed by atoms with Gasteiger partial charge in [-0.3, -0.25) is 9.59 Å². The first-order chi connectivity index (χ1) is 10.7. The molecule has 2 N–H and O–H groups in total. The molecule has 126 valence electrons. The van der Waals surface area contributed by atoms with E-state index in [4.69, 9.17) is 0 Å². The van der Waals surface area contributed by atoms with Crippen LogP contribution in [0.4, 0.5) is 18.9 Å². The molecule has 0 aliphatic heterocycles. The summed E-state index contributed by atoms with van der Waals surface area (Å²) in [7, 11) is 0.